The Morgan fingerprint density at radius 1 is 1.11 bits per heavy atom. The molecule has 1 aromatic heterocycles. The number of nitrogens with zero attached hydrogens (tertiary/aromatic N) is 2. The third-order valence-corrected chi connectivity index (χ3v) is 6.82. The standard InChI is InChI=1S/C26H19ClF3N3O2S/c1-2-14-33-24(35)18-10-6-7-11-21(18)32-25(33)36-22(16-8-4-3-5-9-16)23(34)31-17-12-13-20(27)19(15-17)26(28,29)30/h2-13,15,22H,1,14H2,(H,31,34)/t22-/m1/s1. The Hall–Kier alpha value is -3.56. The number of halogens is 4. The van der Waals surface area contributed by atoms with E-state index in [9.17, 15) is 22.8 Å². The molecule has 0 aliphatic heterocycles. The molecule has 0 unspecified atom stereocenters. The molecule has 1 amide bonds. The largest absolute Gasteiger partial charge is 0.417 e. The molecule has 1 heterocycles. The Balaban J connectivity index is 1.75. The van der Waals surface area contributed by atoms with Crippen molar-refractivity contribution in [3.05, 3.63) is 112 Å². The number of amides is 1. The summed E-state index contributed by atoms with van der Waals surface area (Å²) in [6, 6.07) is 18.7. The molecular formula is C26H19ClF3N3O2S. The predicted molar refractivity (Wildman–Crippen MR) is 136 cm³/mol. The van der Waals surface area contributed by atoms with Gasteiger partial charge in [-0.05, 0) is 35.9 Å². The van der Waals surface area contributed by atoms with Crippen LogP contribution < -0.4 is 10.9 Å². The zero-order chi connectivity index (χ0) is 25.9. The van der Waals surface area contributed by atoms with Crippen molar-refractivity contribution in [2.45, 2.75) is 23.1 Å². The summed E-state index contributed by atoms with van der Waals surface area (Å²) in [6.07, 6.45) is -3.13. The van der Waals surface area contributed by atoms with Gasteiger partial charge in [0.25, 0.3) is 5.56 Å². The minimum atomic E-state index is -4.68. The van der Waals surface area contributed by atoms with Gasteiger partial charge in [-0.1, -0.05) is 71.9 Å². The van der Waals surface area contributed by atoms with Crippen LogP contribution in [0.3, 0.4) is 0 Å². The van der Waals surface area contributed by atoms with Gasteiger partial charge in [0.2, 0.25) is 5.91 Å². The van der Waals surface area contributed by atoms with Gasteiger partial charge in [0.15, 0.2) is 5.16 Å². The predicted octanol–water partition coefficient (Wildman–Crippen LogP) is 6.73. The van der Waals surface area contributed by atoms with E-state index >= 15 is 0 Å². The summed E-state index contributed by atoms with van der Waals surface area (Å²) in [5, 5.41) is 1.84. The molecule has 0 aliphatic carbocycles. The number of hydrogen-bond acceptors (Lipinski definition) is 4. The number of allylic oxidation sites excluding steroid dienone is 1. The number of anilines is 1. The highest BCUT2D eigenvalue weighted by molar-refractivity contribution is 8.00. The maximum absolute atomic E-state index is 13.4. The lowest BCUT2D eigenvalue weighted by atomic mass is 10.1. The summed E-state index contributed by atoms with van der Waals surface area (Å²) in [4.78, 5) is 31.1. The Labute approximate surface area is 213 Å². The van der Waals surface area contributed by atoms with E-state index in [0.29, 0.717) is 16.5 Å². The van der Waals surface area contributed by atoms with E-state index in [1.165, 1.54) is 10.6 Å². The number of thioether (sulfide) groups is 1. The van der Waals surface area contributed by atoms with Crippen LogP contribution >= 0.6 is 23.4 Å². The first kappa shape index (κ1) is 25.5. The highest BCUT2D eigenvalue weighted by Gasteiger charge is 2.34. The maximum Gasteiger partial charge on any atom is 0.417 e. The second kappa shape index (κ2) is 10.6. The summed E-state index contributed by atoms with van der Waals surface area (Å²) >= 11 is 6.73. The molecule has 0 radical (unpaired) electrons. The van der Waals surface area contributed by atoms with E-state index in [0.717, 1.165) is 23.9 Å². The molecule has 0 saturated heterocycles. The summed E-state index contributed by atoms with van der Waals surface area (Å²) < 4.78 is 41.3. The van der Waals surface area contributed by atoms with Crippen LogP contribution in [0.5, 0.6) is 0 Å². The molecule has 3 aromatic carbocycles. The van der Waals surface area contributed by atoms with Crippen LogP contribution in [0.1, 0.15) is 16.4 Å². The number of aromatic nitrogens is 2. The van der Waals surface area contributed by atoms with Crippen LogP contribution in [-0.4, -0.2) is 15.5 Å². The molecule has 5 nitrogen and oxygen atoms in total. The first-order valence-corrected chi connectivity index (χ1v) is 11.9. The summed E-state index contributed by atoms with van der Waals surface area (Å²) in [7, 11) is 0. The minimum absolute atomic E-state index is 0.0618. The molecule has 1 atom stereocenters. The fraction of sp³-hybridized carbons (Fsp3) is 0.115. The summed E-state index contributed by atoms with van der Waals surface area (Å²) in [5.41, 5.74) is -0.361. The molecule has 0 aliphatic rings. The number of nitrogens with one attached hydrogen (secondary N) is 1. The van der Waals surface area contributed by atoms with E-state index in [1.54, 1.807) is 60.7 Å². The van der Waals surface area contributed by atoms with Crippen molar-refractivity contribution in [1.29, 1.82) is 0 Å². The van der Waals surface area contributed by atoms with Crippen LogP contribution in [0.2, 0.25) is 5.02 Å². The van der Waals surface area contributed by atoms with Crippen LogP contribution in [0.4, 0.5) is 18.9 Å². The molecule has 4 rings (SSSR count). The monoisotopic (exact) mass is 529 g/mol. The van der Waals surface area contributed by atoms with Gasteiger partial charge in [-0.25, -0.2) is 4.98 Å². The lowest BCUT2D eigenvalue weighted by Gasteiger charge is -2.19. The van der Waals surface area contributed by atoms with E-state index < -0.39 is 27.9 Å². The van der Waals surface area contributed by atoms with E-state index in [2.05, 4.69) is 16.9 Å². The zero-order valence-corrected chi connectivity index (χ0v) is 20.2. The third-order valence-electron chi connectivity index (χ3n) is 5.24. The van der Waals surface area contributed by atoms with Gasteiger partial charge in [-0.2, -0.15) is 13.2 Å². The highest BCUT2D eigenvalue weighted by Crippen LogP contribution is 2.38. The minimum Gasteiger partial charge on any atom is -0.325 e. The molecule has 0 fully saturated rings. The van der Waals surface area contributed by atoms with Gasteiger partial charge in [0, 0.05) is 12.2 Å². The van der Waals surface area contributed by atoms with Crippen molar-refractivity contribution in [2.24, 2.45) is 0 Å². The lowest BCUT2D eigenvalue weighted by molar-refractivity contribution is -0.137. The van der Waals surface area contributed by atoms with Gasteiger partial charge in [0.05, 0.1) is 21.5 Å². The lowest BCUT2D eigenvalue weighted by Crippen LogP contribution is -2.25. The zero-order valence-electron chi connectivity index (χ0n) is 18.6. The van der Waals surface area contributed by atoms with Gasteiger partial charge in [0.1, 0.15) is 5.25 Å². The van der Waals surface area contributed by atoms with Crippen LogP contribution in [0.15, 0.2) is 95.4 Å². The summed E-state index contributed by atoms with van der Waals surface area (Å²) in [5.74, 6) is -0.589. The van der Waals surface area contributed by atoms with Crippen LogP contribution in [-0.2, 0) is 17.5 Å². The molecule has 184 valence electrons. The fourth-order valence-electron chi connectivity index (χ4n) is 3.56. The molecule has 10 heteroatoms. The van der Waals surface area contributed by atoms with Gasteiger partial charge >= 0.3 is 6.18 Å². The molecular weight excluding hydrogens is 511 g/mol. The normalized spacial score (nSPS) is 12.3. The van der Waals surface area contributed by atoms with Crippen LogP contribution in [0.25, 0.3) is 10.9 Å². The fourth-order valence-corrected chi connectivity index (χ4v) is 4.89. The second-order valence-electron chi connectivity index (χ2n) is 7.71. The third kappa shape index (κ3) is 5.47. The SMILES string of the molecule is C=CCn1c(S[C@@H](C(=O)Nc2ccc(Cl)c(C(F)(F)F)c2)c2ccccc2)nc2ccccc2c1=O. The van der Waals surface area contributed by atoms with E-state index in [4.69, 9.17) is 11.6 Å². The van der Waals surface area contributed by atoms with Crippen molar-refractivity contribution in [2.75, 3.05) is 5.32 Å². The quantitative estimate of drug-likeness (QED) is 0.164. The smallest absolute Gasteiger partial charge is 0.325 e. The van der Waals surface area contributed by atoms with Crippen molar-refractivity contribution in [3.8, 4) is 0 Å². The number of fused-ring (bicyclic) bond motifs is 1. The number of alkyl halides is 3. The molecule has 4 aromatic rings. The molecule has 0 saturated carbocycles. The van der Waals surface area contributed by atoms with E-state index in [1.807, 2.05) is 0 Å². The molecule has 1 N–H and O–H groups in total. The Morgan fingerprint density at radius 2 is 1.81 bits per heavy atom. The maximum atomic E-state index is 13.4. The number of carbonyl (C=O) groups excluding carboxylic acids is 1. The van der Waals surface area contributed by atoms with E-state index in [-0.39, 0.29) is 22.9 Å². The number of rotatable bonds is 7. The van der Waals surface area contributed by atoms with Gasteiger partial charge in [-0.3, -0.25) is 14.2 Å². The Morgan fingerprint density at radius 3 is 2.50 bits per heavy atom. The average molecular weight is 530 g/mol. The Bertz CT molecular complexity index is 1490. The topological polar surface area (TPSA) is 64.0 Å². The molecule has 36 heavy (non-hydrogen) atoms. The number of hydrogen-bond donors (Lipinski definition) is 1. The van der Waals surface area contributed by atoms with Crippen molar-refractivity contribution >= 4 is 45.9 Å². The van der Waals surface area contributed by atoms with Crippen molar-refractivity contribution < 1.29 is 18.0 Å². The second-order valence-corrected chi connectivity index (χ2v) is 9.19. The first-order chi connectivity index (χ1) is 17.2. The van der Waals surface area contributed by atoms with Gasteiger partial charge in [-0.15, -0.1) is 6.58 Å². The first-order valence-electron chi connectivity index (χ1n) is 10.7. The number of para-hydroxylation sites is 1. The number of benzene rings is 3. The van der Waals surface area contributed by atoms with Crippen molar-refractivity contribution in [3.63, 3.8) is 0 Å². The molecule has 0 bridgehead atoms. The number of carbonyl (C=O) groups is 1. The van der Waals surface area contributed by atoms with Crippen molar-refractivity contribution in [1.82, 2.24) is 9.55 Å². The van der Waals surface area contributed by atoms with Crippen LogP contribution in [0, 0.1) is 0 Å². The molecule has 0 spiro atoms. The summed E-state index contributed by atoms with van der Waals surface area (Å²) in [6.45, 7) is 3.86. The Kier molecular flexibility index (Phi) is 7.51. The average Bonchev–Trinajstić information content (AvgIpc) is 2.85. The highest BCUT2D eigenvalue weighted by atomic mass is 35.5. The van der Waals surface area contributed by atoms with Gasteiger partial charge < -0.3 is 5.32 Å².